The van der Waals surface area contributed by atoms with Gasteiger partial charge in [0.25, 0.3) is 0 Å². The summed E-state index contributed by atoms with van der Waals surface area (Å²) in [6.07, 6.45) is 0.983. The monoisotopic (exact) mass is 215 g/mol. The van der Waals surface area contributed by atoms with E-state index in [9.17, 15) is 5.11 Å². The Bertz CT molecular complexity index is 266. The molecule has 1 heterocycles. The lowest BCUT2D eigenvalue weighted by Crippen LogP contribution is -2.12. The fraction of sp³-hybridized carbons (Fsp3) is 0.700. The third-order valence-corrected chi connectivity index (χ3v) is 3.23. The van der Waals surface area contributed by atoms with E-state index in [2.05, 4.69) is 11.9 Å². The zero-order valence-electron chi connectivity index (χ0n) is 8.91. The summed E-state index contributed by atoms with van der Waals surface area (Å²) >= 11 is 1.66. The van der Waals surface area contributed by atoms with E-state index in [1.807, 2.05) is 6.92 Å². The second-order valence-corrected chi connectivity index (χ2v) is 4.68. The van der Waals surface area contributed by atoms with Gasteiger partial charge in [0, 0.05) is 25.0 Å². The van der Waals surface area contributed by atoms with Gasteiger partial charge in [-0.2, -0.15) is 0 Å². The average molecular weight is 215 g/mol. The van der Waals surface area contributed by atoms with Crippen LogP contribution in [-0.2, 0) is 11.2 Å². The van der Waals surface area contributed by atoms with Crippen molar-refractivity contribution in [1.29, 1.82) is 0 Å². The average Bonchev–Trinajstić information content (AvgIpc) is 2.42. The first kappa shape index (κ1) is 11.6. The van der Waals surface area contributed by atoms with Crippen LogP contribution in [0, 0.1) is 13.8 Å². The summed E-state index contributed by atoms with van der Waals surface area (Å²) in [4.78, 5) is 5.61. The molecule has 0 aromatic carbocycles. The highest BCUT2D eigenvalue weighted by atomic mass is 32.1. The van der Waals surface area contributed by atoms with E-state index in [4.69, 9.17) is 4.74 Å². The van der Waals surface area contributed by atoms with E-state index in [1.54, 1.807) is 18.4 Å². The number of hydrogen-bond donors (Lipinski definition) is 1. The van der Waals surface area contributed by atoms with Crippen molar-refractivity contribution in [1.82, 2.24) is 4.98 Å². The SMILES string of the molecule is COCCC(O)Cc1nc(C)c(C)s1. The van der Waals surface area contributed by atoms with Crippen LogP contribution in [0.2, 0.25) is 0 Å². The molecule has 14 heavy (non-hydrogen) atoms. The summed E-state index contributed by atoms with van der Waals surface area (Å²) in [6.45, 7) is 4.65. The number of aliphatic hydroxyl groups excluding tert-OH is 1. The fourth-order valence-electron chi connectivity index (χ4n) is 1.18. The van der Waals surface area contributed by atoms with Gasteiger partial charge in [-0.3, -0.25) is 0 Å². The van der Waals surface area contributed by atoms with Gasteiger partial charge in [0.05, 0.1) is 16.8 Å². The Kier molecular flexibility index (Phi) is 4.51. The van der Waals surface area contributed by atoms with Crippen molar-refractivity contribution in [3.63, 3.8) is 0 Å². The molecule has 0 aliphatic heterocycles. The lowest BCUT2D eigenvalue weighted by molar-refractivity contribution is 0.110. The van der Waals surface area contributed by atoms with Gasteiger partial charge in [-0.1, -0.05) is 0 Å². The number of aromatic nitrogens is 1. The third-order valence-electron chi connectivity index (χ3n) is 2.14. The minimum Gasteiger partial charge on any atom is -0.393 e. The van der Waals surface area contributed by atoms with Crippen LogP contribution in [0.25, 0.3) is 0 Å². The van der Waals surface area contributed by atoms with E-state index >= 15 is 0 Å². The number of nitrogens with zero attached hydrogens (tertiary/aromatic N) is 1. The van der Waals surface area contributed by atoms with Crippen molar-refractivity contribution >= 4 is 11.3 Å². The van der Waals surface area contributed by atoms with Gasteiger partial charge < -0.3 is 9.84 Å². The molecule has 0 aliphatic rings. The van der Waals surface area contributed by atoms with E-state index in [0.717, 1.165) is 10.7 Å². The number of aryl methyl sites for hydroxylation is 2. The van der Waals surface area contributed by atoms with Crippen LogP contribution in [0.4, 0.5) is 0 Å². The van der Waals surface area contributed by atoms with Gasteiger partial charge in [0.2, 0.25) is 0 Å². The number of ether oxygens (including phenoxy) is 1. The number of rotatable bonds is 5. The van der Waals surface area contributed by atoms with Crippen LogP contribution in [-0.4, -0.2) is 29.9 Å². The summed E-state index contributed by atoms with van der Waals surface area (Å²) in [5.74, 6) is 0. The molecule has 0 saturated carbocycles. The Morgan fingerprint density at radius 1 is 1.50 bits per heavy atom. The summed E-state index contributed by atoms with van der Waals surface area (Å²) in [6, 6.07) is 0. The second-order valence-electron chi connectivity index (χ2n) is 3.39. The van der Waals surface area contributed by atoms with Gasteiger partial charge in [-0.15, -0.1) is 11.3 Å². The normalized spacial score (nSPS) is 13.1. The van der Waals surface area contributed by atoms with Crippen LogP contribution in [0.1, 0.15) is 22.0 Å². The van der Waals surface area contributed by atoms with Gasteiger partial charge in [0.15, 0.2) is 0 Å². The maximum atomic E-state index is 9.62. The molecule has 0 fully saturated rings. The van der Waals surface area contributed by atoms with Gasteiger partial charge >= 0.3 is 0 Å². The van der Waals surface area contributed by atoms with Crippen LogP contribution >= 0.6 is 11.3 Å². The third kappa shape index (κ3) is 3.36. The lowest BCUT2D eigenvalue weighted by atomic mass is 10.2. The van der Waals surface area contributed by atoms with Gasteiger partial charge in [-0.05, 0) is 20.3 Å². The van der Waals surface area contributed by atoms with Crippen molar-refractivity contribution in [2.24, 2.45) is 0 Å². The summed E-state index contributed by atoms with van der Waals surface area (Å²) < 4.78 is 4.90. The Hall–Kier alpha value is -0.450. The first-order valence-electron chi connectivity index (χ1n) is 4.73. The molecule has 4 heteroatoms. The van der Waals surface area contributed by atoms with Crippen LogP contribution in [0.3, 0.4) is 0 Å². The Morgan fingerprint density at radius 2 is 2.21 bits per heavy atom. The highest BCUT2D eigenvalue weighted by molar-refractivity contribution is 7.11. The van der Waals surface area contributed by atoms with Gasteiger partial charge in [0.1, 0.15) is 0 Å². The van der Waals surface area contributed by atoms with Crippen LogP contribution < -0.4 is 0 Å². The predicted octanol–water partition coefficient (Wildman–Crippen LogP) is 1.70. The molecule has 0 aliphatic carbocycles. The molecular formula is C10H17NO2S. The highest BCUT2D eigenvalue weighted by Crippen LogP contribution is 2.18. The minimum absolute atomic E-state index is 0.333. The molecule has 1 aromatic heterocycles. The summed E-state index contributed by atoms with van der Waals surface area (Å²) in [7, 11) is 1.64. The highest BCUT2D eigenvalue weighted by Gasteiger charge is 2.09. The predicted molar refractivity (Wildman–Crippen MR) is 57.8 cm³/mol. The first-order valence-corrected chi connectivity index (χ1v) is 5.55. The van der Waals surface area contributed by atoms with Crippen molar-refractivity contribution in [3.8, 4) is 0 Å². The molecule has 0 radical (unpaired) electrons. The van der Waals surface area contributed by atoms with E-state index in [0.29, 0.717) is 19.4 Å². The topological polar surface area (TPSA) is 42.4 Å². The van der Waals surface area contributed by atoms with Crippen molar-refractivity contribution in [2.75, 3.05) is 13.7 Å². The van der Waals surface area contributed by atoms with E-state index in [-0.39, 0.29) is 6.10 Å². The number of methoxy groups -OCH3 is 1. The maximum Gasteiger partial charge on any atom is 0.0956 e. The minimum atomic E-state index is -0.333. The van der Waals surface area contributed by atoms with Gasteiger partial charge in [-0.25, -0.2) is 4.98 Å². The first-order chi connectivity index (χ1) is 6.63. The molecule has 1 aromatic rings. The Morgan fingerprint density at radius 3 is 2.71 bits per heavy atom. The van der Waals surface area contributed by atoms with E-state index < -0.39 is 0 Å². The number of aliphatic hydroxyl groups is 1. The molecule has 1 rings (SSSR count). The molecule has 1 atom stereocenters. The van der Waals surface area contributed by atoms with Crippen LogP contribution in [0.15, 0.2) is 0 Å². The Balaban J connectivity index is 2.43. The zero-order chi connectivity index (χ0) is 10.6. The molecule has 1 unspecified atom stereocenters. The molecule has 1 N–H and O–H groups in total. The smallest absolute Gasteiger partial charge is 0.0956 e. The molecule has 0 saturated heterocycles. The largest absolute Gasteiger partial charge is 0.393 e. The molecular weight excluding hydrogens is 198 g/mol. The lowest BCUT2D eigenvalue weighted by Gasteiger charge is -2.06. The summed E-state index contributed by atoms with van der Waals surface area (Å²) in [5.41, 5.74) is 1.07. The molecule has 0 spiro atoms. The maximum absolute atomic E-state index is 9.62. The summed E-state index contributed by atoms with van der Waals surface area (Å²) in [5, 5.41) is 10.6. The van der Waals surface area contributed by atoms with E-state index in [1.165, 1.54) is 4.88 Å². The number of thiazole rings is 1. The van der Waals surface area contributed by atoms with Crippen molar-refractivity contribution in [2.45, 2.75) is 32.8 Å². The van der Waals surface area contributed by atoms with Crippen LogP contribution in [0.5, 0.6) is 0 Å². The molecule has 3 nitrogen and oxygen atoms in total. The standard InChI is InChI=1S/C10H17NO2S/c1-7-8(2)14-10(11-7)6-9(12)4-5-13-3/h9,12H,4-6H2,1-3H3. The van der Waals surface area contributed by atoms with Crippen molar-refractivity contribution < 1.29 is 9.84 Å². The number of hydrogen-bond acceptors (Lipinski definition) is 4. The second kappa shape index (κ2) is 5.44. The Labute approximate surface area is 88.8 Å². The van der Waals surface area contributed by atoms with Crippen molar-refractivity contribution in [3.05, 3.63) is 15.6 Å². The quantitative estimate of drug-likeness (QED) is 0.813. The molecule has 0 amide bonds. The zero-order valence-corrected chi connectivity index (χ0v) is 9.73. The fourth-order valence-corrected chi connectivity index (χ4v) is 2.19. The molecule has 80 valence electrons. The molecule has 0 bridgehead atoms.